The number of hydrogen-bond acceptors (Lipinski definition) is 3. The van der Waals surface area contributed by atoms with Crippen LogP contribution in [-0.2, 0) is 18.2 Å². The Labute approximate surface area is 140 Å². The number of rotatable bonds is 3. The van der Waals surface area contributed by atoms with Crippen LogP contribution in [0.2, 0.25) is 0 Å². The van der Waals surface area contributed by atoms with Crippen LogP contribution >= 0.6 is 0 Å². The fraction of sp³-hybridized carbons (Fsp3) is 0.211. The topological polar surface area (TPSA) is 48.5 Å². The molecule has 1 aromatic heterocycles. The molecule has 3 aromatic rings. The van der Waals surface area contributed by atoms with Gasteiger partial charge in [0.05, 0.1) is 30.3 Å². The summed E-state index contributed by atoms with van der Waals surface area (Å²) in [6.07, 6.45) is 0.600. The van der Waals surface area contributed by atoms with Gasteiger partial charge in [0.15, 0.2) is 5.69 Å². The van der Waals surface area contributed by atoms with Crippen molar-refractivity contribution < 1.29 is 9.53 Å². The molecule has 3 rings (SSSR count). The lowest BCUT2D eigenvalue weighted by Gasteiger charge is -2.05. The first-order valence-corrected chi connectivity index (χ1v) is 7.54. The van der Waals surface area contributed by atoms with Crippen molar-refractivity contribution in [3.05, 3.63) is 70.3 Å². The van der Waals surface area contributed by atoms with Crippen LogP contribution < -0.4 is 0 Å². The predicted octanol–water partition coefficient (Wildman–Crippen LogP) is 3.81. The van der Waals surface area contributed by atoms with Gasteiger partial charge < -0.3 is 9.30 Å². The van der Waals surface area contributed by atoms with Crippen LogP contribution in [0.5, 0.6) is 0 Å². The number of nitrogens with zero attached hydrogens (tertiary/aromatic N) is 3. The van der Waals surface area contributed by atoms with E-state index < -0.39 is 0 Å². The zero-order valence-corrected chi connectivity index (χ0v) is 13.8. The first-order valence-electron chi connectivity index (χ1n) is 7.54. The number of carbonyl (C=O) groups is 1. The quantitative estimate of drug-likeness (QED) is 0.545. The van der Waals surface area contributed by atoms with E-state index >= 15 is 0 Å². The molecular weight excluding hydrogens is 302 g/mol. The highest BCUT2D eigenvalue weighted by molar-refractivity contribution is 5.89. The lowest BCUT2D eigenvalue weighted by Crippen LogP contribution is -2.03. The van der Waals surface area contributed by atoms with Crippen molar-refractivity contribution in [1.82, 2.24) is 9.55 Å². The Morgan fingerprint density at radius 1 is 1.33 bits per heavy atom. The predicted molar refractivity (Wildman–Crippen MR) is 92.3 cm³/mol. The maximum Gasteiger partial charge on any atom is 0.337 e. The summed E-state index contributed by atoms with van der Waals surface area (Å²) in [5.41, 5.74) is 4.89. The molecule has 5 nitrogen and oxygen atoms in total. The van der Waals surface area contributed by atoms with E-state index in [1.165, 1.54) is 7.11 Å². The molecule has 0 amide bonds. The molecule has 0 saturated carbocycles. The average molecular weight is 319 g/mol. The van der Waals surface area contributed by atoms with Crippen molar-refractivity contribution >= 4 is 22.7 Å². The van der Waals surface area contributed by atoms with Crippen LogP contribution in [0.4, 0.5) is 5.69 Å². The Bertz CT molecular complexity index is 980. The number of imidazole rings is 1. The fourth-order valence-electron chi connectivity index (χ4n) is 2.77. The fourth-order valence-corrected chi connectivity index (χ4v) is 2.77. The summed E-state index contributed by atoms with van der Waals surface area (Å²) < 4.78 is 6.79. The van der Waals surface area contributed by atoms with E-state index in [4.69, 9.17) is 11.3 Å². The first-order chi connectivity index (χ1) is 11.5. The van der Waals surface area contributed by atoms with Crippen LogP contribution in [0, 0.1) is 13.5 Å². The number of carbonyl (C=O) groups excluding carboxylic acids is 1. The van der Waals surface area contributed by atoms with Gasteiger partial charge in [-0.15, -0.1) is 0 Å². The molecule has 0 aliphatic rings. The highest BCUT2D eigenvalue weighted by atomic mass is 16.5. The largest absolute Gasteiger partial charge is 0.465 e. The van der Waals surface area contributed by atoms with Crippen molar-refractivity contribution in [2.24, 2.45) is 7.05 Å². The van der Waals surface area contributed by atoms with Crippen LogP contribution in [0.3, 0.4) is 0 Å². The van der Waals surface area contributed by atoms with Crippen LogP contribution in [0.25, 0.3) is 15.9 Å². The number of aromatic nitrogens is 2. The summed E-state index contributed by atoms with van der Waals surface area (Å²) >= 11 is 0. The SMILES string of the molecule is [C-]#[N+]c1cc2nc(Cc3cccc(C(=O)OC)c3)n(C)c2cc1C. The molecule has 0 aliphatic heterocycles. The molecule has 0 atom stereocenters. The minimum atomic E-state index is -0.348. The molecular formula is C19H17N3O2. The maximum absolute atomic E-state index is 11.7. The molecule has 0 bridgehead atoms. The standard InChI is InChI=1S/C19H17N3O2/c1-12-8-17-16(11-15(12)20-2)21-18(22(17)3)10-13-6-5-7-14(9-13)19(23)24-4/h5-9,11H,10H2,1,3-4H3. The summed E-state index contributed by atoms with van der Waals surface area (Å²) in [5, 5.41) is 0. The molecule has 0 N–H and O–H groups in total. The Morgan fingerprint density at radius 2 is 2.12 bits per heavy atom. The van der Waals surface area contributed by atoms with Gasteiger partial charge in [-0.1, -0.05) is 12.1 Å². The third kappa shape index (κ3) is 2.74. The molecule has 120 valence electrons. The van der Waals surface area contributed by atoms with E-state index in [9.17, 15) is 4.79 Å². The minimum absolute atomic E-state index is 0.348. The number of methoxy groups -OCH3 is 1. The second-order valence-corrected chi connectivity index (χ2v) is 5.69. The van der Waals surface area contributed by atoms with E-state index in [1.807, 2.05) is 48.9 Å². The van der Waals surface area contributed by atoms with Gasteiger partial charge in [0.2, 0.25) is 0 Å². The number of hydrogen-bond donors (Lipinski definition) is 0. The van der Waals surface area contributed by atoms with E-state index in [0.29, 0.717) is 17.7 Å². The number of ether oxygens (including phenoxy) is 1. The Morgan fingerprint density at radius 3 is 2.83 bits per heavy atom. The Hall–Kier alpha value is -3.13. The third-order valence-electron chi connectivity index (χ3n) is 4.12. The van der Waals surface area contributed by atoms with E-state index in [0.717, 1.165) is 28.0 Å². The highest BCUT2D eigenvalue weighted by Crippen LogP contribution is 2.26. The molecule has 0 aliphatic carbocycles. The zero-order chi connectivity index (χ0) is 17.3. The van der Waals surface area contributed by atoms with Crippen molar-refractivity contribution in [2.45, 2.75) is 13.3 Å². The minimum Gasteiger partial charge on any atom is -0.465 e. The van der Waals surface area contributed by atoms with Gasteiger partial charge in [-0.05, 0) is 42.3 Å². The highest BCUT2D eigenvalue weighted by Gasteiger charge is 2.12. The molecule has 0 saturated heterocycles. The van der Waals surface area contributed by atoms with Gasteiger partial charge >= 0.3 is 5.97 Å². The van der Waals surface area contributed by atoms with Crippen LogP contribution in [0.15, 0.2) is 36.4 Å². The number of aryl methyl sites for hydroxylation is 2. The van der Waals surface area contributed by atoms with Crippen molar-refractivity contribution in [3.63, 3.8) is 0 Å². The molecule has 0 fully saturated rings. The summed E-state index contributed by atoms with van der Waals surface area (Å²) in [5.74, 6) is 0.535. The smallest absolute Gasteiger partial charge is 0.337 e. The van der Waals surface area contributed by atoms with Crippen molar-refractivity contribution in [3.8, 4) is 0 Å². The van der Waals surface area contributed by atoms with Gasteiger partial charge in [-0.3, -0.25) is 0 Å². The Kier molecular flexibility index (Phi) is 4.05. The van der Waals surface area contributed by atoms with Crippen molar-refractivity contribution in [2.75, 3.05) is 7.11 Å². The summed E-state index contributed by atoms with van der Waals surface area (Å²) in [6.45, 7) is 9.16. The molecule has 24 heavy (non-hydrogen) atoms. The summed E-state index contributed by atoms with van der Waals surface area (Å²) in [4.78, 5) is 19.9. The van der Waals surface area contributed by atoms with Crippen molar-refractivity contribution in [1.29, 1.82) is 0 Å². The van der Waals surface area contributed by atoms with Gasteiger partial charge in [-0.25, -0.2) is 14.6 Å². The van der Waals surface area contributed by atoms with Crippen LogP contribution in [0.1, 0.15) is 27.3 Å². The molecule has 2 aromatic carbocycles. The Balaban J connectivity index is 2.00. The number of benzene rings is 2. The molecule has 0 unspecified atom stereocenters. The normalized spacial score (nSPS) is 10.6. The lowest BCUT2D eigenvalue weighted by molar-refractivity contribution is 0.0600. The molecule has 0 radical (unpaired) electrons. The van der Waals surface area contributed by atoms with Crippen LogP contribution in [-0.4, -0.2) is 22.6 Å². The van der Waals surface area contributed by atoms with Gasteiger partial charge in [-0.2, -0.15) is 0 Å². The summed E-state index contributed by atoms with van der Waals surface area (Å²) in [7, 11) is 3.34. The van der Waals surface area contributed by atoms with Gasteiger partial charge in [0, 0.05) is 13.5 Å². The second kappa shape index (κ2) is 6.17. The lowest BCUT2D eigenvalue weighted by atomic mass is 10.1. The third-order valence-corrected chi connectivity index (χ3v) is 4.12. The summed E-state index contributed by atoms with van der Waals surface area (Å²) in [6, 6.07) is 11.2. The average Bonchev–Trinajstić information content (AvgIpc) is 2.89. The molecule has 5 heteroatoms. The molecule has 1 heterocycles. The van der Waals surface area contributed by atoms with E-state index in [2.05, 4.69) is 9.83 Å². The number of fused-ring (bicyclic) bond motifs is 1. The van der Waals surface area contributed by atoms with Gasteiger partial charge in [0.1, 0.15) is 5.82 Å². The monoisotopic (exact) mass is 319 g/mol. The number of esters is 1. The van der Waals surface area contributed by atoms with E-state index in [1.54, 1.807) is 6.07 Å². The van der Waals surface area contributed by atoms with Gasteiger partial charge in [0.25, 0.3) is 0 Å². The second-order valence-electron chi connectivity index (χ2n) is 5.69. The maximum atomic E-state index is 11.7. The van der Waals surface area contributed by atoms with E-state index in [-0.39, 0.29) is 5.97 Å². The first kappa shape index (κ1) is 15.8. The zero-order valence-electron chi connectivity index (χ0n) is 13.8. The molecule has 0 spiro atoms.